The van der Waals surface area contributed by atoms with E-state index in [9.17, 15) is 9.59 Å². The molecule has 0 saturated heterocycles. The molecule has 110 valence electrons. The Balaban J connectivity index is 2.58. The molecule has 1 amide bonds. The molecule has 0 aliphatic heterocycles. The number of alkyl carbamates (subject to hydrolysis) is 1. The van der Waals surface area contributed by atoms with Crippen molar-refractivity contribution in [1.82, 2.24) is 5.32 Å². The molecule has 1 N–H and O–H groups in total. The lowest BCUT2D eigenvalue weighted by molar-refractivity contribution is -0.111. The molecule has 1 saturated carbocycles. The number of rotatable bonds is 3. The van der Waals surface area contributed by atoms with E-state index in [-0.39, 0.29) is 11.3 Å². The van der Waals surface area contributed by atoms with Gasteiger partial charge in [-0.05, 0) is 51.4 Å². The van der Waals surface area contributed by atoms with Crippen molar-refractivity contribution in [3.05, 3.63) is 0 Å². The summed E-state index contributed by atoms with van der Waals surface area (Å²) in [6.07, 6.45) is 4.58. The molecule has 4 heteroatoms. The Hall–Kier alpha value is -1.06. The predicted molar refractivity (Wildman–Crippen MR) is 75.0 cm³/mol. The first kappa shape index (κ1) is 16.0. The van der Waals surface area contributed by atoms with Crippen LogP contribution in [0.1, 0.15) is 60.3 Å². The van der Waals surface area contributed by atoms with E-state index < -0.39 is 17.7 Å². The average Bonchev–Trinajstić information content (AvgIpc) is 2.21. The molecular formula is C15H27NO3. The van der Waals surface area contributed by atoms with Crippen molar-refractivity contribution in [1.29, 1.82) is 0 Å². The normalized spacial score (nSPS) is 24.4. The molecular weight excluding hydrogens is 242 g/mol. The minimum atomic E-state index is -0.538. The van der Waals surface area contributed by atoms with E-state index in [1.54, 1.807) is 0 Å². The molecule has 2 atom stereocenters. The van der Waals surface area contributed by atoms with Gasteiger partial charge in [0.1, 0.15) is 11.9 Å². The zero-order valence-electron chi connectivity index (χ0n) is 12.8. The van der Waals surface area contributed by atoms with Crippen molar-refractivity contribution in [2.24, 2.45) is 11.3 Å². The van der Waals surface area contributed by atoms with Gasteiger partial charge in [-0.3, -0.25) is 0 Å². The van der Waals surface area contributed by atoms with Crippen molar-refractivity contribution < 1.29 is 14.3 Å². The van der Waals surface area contributed by atoms with Gasteiger partial charge in [-0.25, -0.2) is 4.79 Å². The Kier molecular flexibility index (Phi) is 4.99. The summed E-state index contributed by atoms with van der Waals surface area (Å²) in [5.74, 6) is 0.216. The van der Waals surface area contributed by atoms with Crippen LogP contribution < -0.4 is 5.32 Å². The lowest BCUT2D eigenvalue weighted by atomic mass is 9.70. The van der Waals surface area contributed by atoms with Crippen LogP contribution in [0.3, 0.4) is 0 Å². The Morgan fingerprint density at radius 1 is 1.42 bits per heavy atom. The molecule has 0 aromatic carbocycles. The highest BCUT2D eigenvalue weighted by molar-refractivity contribution is 5.73. The fourth-order valence-corrected chi connectivity index (χ4v) is 2.77. The highest BCUT2D eigenvalue weighted by atomic mass is 16.6. The first-order valence-corrected chi connectivity index (χ1v) is 7.08. The number of carbonyl (C=O) groups is 2. The Morgan fingerprint density at radius 2 is 2.05 bits per heavy atom. The van der Waals surface area contributed by atoms with Crippen LogP contribution in [0.4, 0.5) is 4.79 Å². The molecule has 1 fully saturated rings. The highest BCUT2D eigenvalue weighted by Crippen LogP contribution is 2.39. The van der Waals surface area contributed by atoms with E-state index in [4.69, 9.17) is 4.74 Å². The topological polar surface area (TPSA) is 55.4 Å². The average molecular weight is 269 g/mol. The van der Waals surface area contributed by atoms with E-state index in [1.807, 2.05) is 20.8 Å². The second kappa shape index (κ2) is 5.93. The van der Waals surface area contributed by atoms with E-state index in [1.165, 1.54) is 6.42 Å². The van der Waals surface area contributed by atoms with Crippen LogP contribution in [0.15, 0.2) is 0 Å². The third-order valence-electron chi connectivity index (χ3n) is 3.58. The predicted octanol–water partition coefficient (Wildman–Crippen LogP) is 3.30. The Morgan fingerprint density at radius 3 is 2.53 bits per heavy atom. The van der Waals surface area contributed by atoms with Crippen LogP contribution in [0, 0.1) is 11.3 Å². The summed E-state index contributed by atoms with van der Waals surface area (Å²) in [5.41, 5.74) is -0.289. The maximum Gasteiger partial charge on any atom is 0.408 e. The monoisotopic (exact) mass is 269 g/mol. The molecule has 1 rings (SSSR count). The number of ether oxygens (including phenoxy) is 1. The quantitative estimate of drug-likeness (QED) is 0.800. The molecule has 0 radical (unpaired) electrons. The van der Waals surface area contributed by atoms with Crippen molar-refractivity contribution >= 4 is 12.4 Å². The van der Waals surface area contributed by atoms with Crippen molar-refractivity contribution in [2.45, 2.75) is 71.9 Å². The smallest absolute Gasteiger partial charge is 0.408 e. The first-order chi connectivity index (χ1) is 8.63. The number of hydrogen-bond donors (Lipinski definition) is 1. The van der Waals surface area contributed by atoms with Crippen molar-refractivity contribution in [3.8, 4) is 0 Å². The van der Waals surface area contributed by atoms with Gasteiger partial charge in [-0.1, -0.05) is 20.3 Å². The van der Waals surface area contributed by atoms with Gasteiger partial charge < -0.3 is 14.8 Å². The summed E-state index contributed by atoms with van der Waals surface area (Å²) in [5, 5.41) is 2.70. The molecule has 1 aliphatic rings. The van der Waals surface area contributed by atoms with Crippen LogP contribution >= 0.6 is 0 Å². The van der Waals surface area contributed by atoms with Crippen LogP contribution in [-0.2, 0) is 9.53 Å². The van der Waals surface area contributed by atoms with Crippen molar-refractivity contribution in [2.75, 3.05) is 0 Å². The minimum absolute atomic E-state index is 0.216. The third kappa shape index (κ3) is 5.62. The van der Waals surface area contributed by atoms with E-state index in [2.05, 4.69) is 19.2 Å². The molecule has 0 aromatic rings. The van der Waals surface area contributed by atoms with E-state index >= 15 is 0 Å². The van der Waals surface area contributed by atoms with Crippen LogP contribution in [-0.4, -0.2) is 24.0 Å². The SMILES string of the molecule is CC1(C)CCCC(C(C=O)NC(=O)OC(C)(C)C)C1. The van der Waals surface area contributed by atoms with Gasteiger partial charge in [0.15, 0.2) is 0 Å². The van der Waals surface area contributed by atoms with Crippen molar-refractivity contribution in [3.63, 3.8) is 0 Å². The molecule has 19 heavy (non-hydrogen) atoms. The largest absolute Gasteiger partial charge is 0.444 e. The second-order valence-corrected chi connectivity index (χ2v) is 7.33. The molecule has 0 bridgehead atoms. The summed E-state index contributed by atoms with van der Waals surface area (Å²) in [4.78, 5) is 23.0. The zero-order chi connectivity index (χ0) is 14.7. The summed E-state index contributed by atoms with van der Waals surface area (Å²) in [7, 11) is 0. The number of hydrogen-bond acceptors (Lipinski definition) is 3. The lowest BCUT2D eigenvalue weighted by Crippen LogP contribution is -2.46. The summed E-state index contributed by atoms with van der Waals surface area (Å²) in [6, 6.07) is -0.436. The van der Waals surface area contributed by atoms with Crippen LogP contribution in [0.2, 0.25) is 0 Å². The van der Waals surface area contributed by atoms with Gasteiger partial charge >= 0.3 is 6.09 Å². The first-order valence-electron chi connectivity index (χ1n) is 7.08. The maximum atomic E-state index is 11.7. The van der Waals surface area contributed by atoms with Gasteiger partial charge in [0.25, 0.3) is 0 Å². The van der Waals surface area contributed by atoms with Gasteiger partial charge in [0.2, 0.25) is 0 Å². The summed E-state index contributed by atoms with van der Waals surface area (Å²) in [6.45, 7) is 9.87. The molecule has 0 heterocycles. The molecule has 4 nitrogen and oxygen atoms in total. The van der Waals surface area contributed by atoms with Gasteiger partial charge in [0, 0.05) is 0 Å². The van der Waals surface area contributed by atoms with Crippen LogP contribution in [0.5, 0.6) is 0 Å². The van der Waals surface area contributed by atoms with Gasteiger partial charge in [-0.2, -0.15) is 0 Å². The van der Waals surface area contributed by atoms with Gasteiger partial charge in [0.05, 0.1) is 6.04 Å². The number of carbonyl (C=O) groups excluding carboxylic acids is 2. The van der Waals surface area contributed by atoms with E-state index in [0.29, 0.717) is 0 Å². The number of amides is 1. The lowest BCUT2D eigenvalue weighted by Gasteiger charge is -2.37. The fourth-order valence-electron chi connectivity index (χ4n) is 2.77. The zero-order valence-corrected chi connectivity index (χ0v) is 12.8. The fraction of sp³-hybridized carbons (Fsp3) is 0.867. The minimum Gasteiger partial charge on any atom is -0.444 e. The van der Waals surface area contributed by atoms with Gasteiger partial charge in [-0.15, -0.1) is 0 Å². The standard InChI is InChI=1S/C15H27NO3/c1-14(2,3)19-13(18)16-12(10-17)11-7-6-8-15(4,5)9-11/h10-12H,6-9H2,1-5H3,(H,16,18). The molecule has 0 aromatic heterocycles. The maximum absolute atomic E-state index is 11.7. The Bertz CT molecular complexity index is 331. The molecule has 2 unspecified atom stereocenters. The van der Waals surface area contributed by atoms with E-state index in [0.717, 1.165) is 25.5 Å². The summed E-state index contributed by atoms with van der Waals surface area (Å²) >= 11 is 0. The molecule has 0 spiro atoms. The third-order valence-corrected chi connectivity index (χ3v) is 3.58. The van der Waals surface area contributed by atoms with Crippen LogP contribution in [0.25, 0.3) is 0 Å². The summed E-state index contributed by atoms with van der Waals surface area (Å²) < 4.78 is 5.20. The number of nitrogens with one attached hydrogen (secondary N) is 1. The highest BCUT2D eigenvalue weighted by Gasteiger charge is 2.33. The Labute approximate surface area is 116 Å². The number of aldehydes is 1. The second-order valence-electron chi connectivity index (χ2n) is 7.33. The molecule has 1 aliphatic carbocycles.